The van der Waals surface area contributed by atoms with Crippen LogP contribution >= 0.6 is 23.2 Å². The van der Waals surface area contributed by atoms with Crippen LogP contribution in [0.4, 0.5) is 5.82 Å². The van der Waals surface area contributed by atoms with Crippen molar-refractivity contribution in [2.45, 2.75) is 0 Å². The van der Waals surface area contributed by atoms with Crippen LogP contribution < -0.4 is 10.2 Å². The highest BCUT2D eigenvalue weighted by Gasteiger charge is 2.10. The first-order valence-corrected chi connectivity index (χ1v) is 9.69. The van der Waals surface area contributed by atoms with E-state index in [1.807, 2.05) is 30.3 Å². The van der Waals surface area contributed by atoms with Crippen LogP contribution in [-0.4, -0.2) is 28.4 Å². The third-order valence-corrected chi connectivity index (χ3v) is 5.11. The predicted octanol–water partition coefficient (Wildman–Crippen LogP) is 5.76. The number of hydrazone groups is 1. The van der Waals surface area contributed by atoms with Gasteiger partial charge >= 0.3 is 0 Å². The Morgan fingerprint density at radius 2 is 1.83 bits per heavy atom. The summed E-state index contributed by atoms with van der Waals surface area (Å²) in [5.41, 5.74) is 5.23. The molecule has 0 amide bonds. The lowest BCUT2D eigenvalue weighted by atomic mass is 10.2. The minimum absolute atomic E-state index is 0.0654. The number of aromatic hydroxyl groups is 1. The second-order valence-electron chi connectivity index (χ2n) is 6.34. The highest BCUT2D eigenvalue weighted by molar-refractivity contribution is 6.42. The maximum atomic E-state index is 9.71. The fourth-order valence-electron chi connectivity index (χ4n) is 2.87. The van der Waals surface area contributed by atoms with Crippen molar-refractivity contribution in [2.24, 2.45) is 5.10 Å². The fourth-order valence-corrected chi connectivity index (χ4v) is 3.17. The van der Waals surface area contributed by atoms with Gasteiger partial charge in [-0.05, 0) is 54.1 Å². The quantitative estimate of drug-likeness (QED) is 0.305. The van der Waals surface area contributed by atoms with Gasteiger partial charge in [-0.1, -0.05) is 35.3 Å². The summed E-state index contributed by atoms with van der Waals surface area (Å²) in [7, 11) is 1.49. The molecule has 0 aliphatic heterocycles. The molecular formula is C22H16Cl2N4O2. The number of para-hydroxylation sites is 1. The van der Waals surface area contributed by atoms with Crippen LogP contribution in [0.5, 0.6) is 11.5 Å². The number of nitrogens with one attached hydrogen (secondary N) is 1. The Morgan fingerprint density at radius 1 is 1.00 bits per heavy atom. The summed E-state index contributed by atoms with van der Waals surface area (Å²) in [6.07, 6.45) is 1.61. The monoisotopic (exact) mass is 438 g/mol. The average Bonchev–Trinajstić information content (AvgIpc) is 2.76. The maximum Gasteiger partial charge on any atom is 0.162 e. The summed E-state index contributed by atoms with van der Waals surface area (Å²) in [5, 5.41) is 15.7. The second-order valence-corrected chi connectivity index (χ2v) is 7.16. The molecule has 8 heteroatoms. The molecule has 0 fully saturated rings. The summed E-state index contributed by atoms with van der Waals surface area (Å²) >= 11 is 12.2. The third kappa shape index (κ3) is 4.15. The highest BCUT2D eigenvalue weighted by atomic mass is 35.5. The highest BCUT2D eigenvalue weighted by Crippen LogP contribution is 2.30. The minimum Gasteiger partial charge on any atom is -0.504 e. The van der Waals surface area contributed by atoms with E-state index in [9.17, 15) is 5.11 Å². The SMILES string of the molecule is COc1cc(/C=N\Nc2nc(-c3ccc(Cl)c(Cl)c3)nc3ccccc23)ccc1O. The first-order chi connectivity index (χ1) is 14.5. The molecule has 3 aromatic carbocycles. The van der Waals surface area contributed by atoms with Crippen molar-refractivity contribution < 1.29 is 9.84 Å². The van der Waals surface area contributed by atoms with Crippen molar-refractivity contribution in [1.82, 2.24) is 9.97 Å². The molecule has 6 nitrogen and oxygen atoms in total. The molecule has 0 saturated heterocycles. The molecule has 30 heavy (non-hydrogen) atoms. The zero-order chi connectivity index (χ0) is 21.1. The van der Waals surface area contributed by atoms with Gasteiger partial charge in [-0.3, -0.25) is 5.43 Å². The van der Waals surface area contributed by atoms with Crippen molar-refractivity contribution >= 4 is 46.1 Å². The number of phenolic OH excluding ortho intramolecular Hbond substituents is 1. The van der Waals surface area contributed by atoms with Gasteiger partial charge in [-0.25, -0.2) is 9.97 Å². The molecular weight excluding hydrogens is 423 g/mol. The predicted molar refractivity (Wildman–Crippen MR) is 121 cm³/mol. The van der Waals surface area contributed by atoms with E-state index in [0.29, 0.717) is 27.4 Å². The molecule has 1 heterocycles. The Balaban J connectivity index is 1.70. The van der Waals surface area contributed by atoms with Gasteiger partial charge in [-0.15, -0.1) is 0 Å². The molecule has 1 aromatic heterocycles. The number of phenols is 1. The lowest BCUT2D eigenvalue weighted by Gasteiger charge is -2.09. The molecule has 0 spiro atoms. The lowest BCUT2D eigenvalue weighted by Crippen LogP contribution is -1.99. The normalized spacial score (nSPS) is 11.2. The van der Waals surface area contributed by atoms with Crippen LogP contribution in [0.15, 0.2) is 65.8 Å². The van der Waals surface area contributed by atoms with Gasteiger partial charge in [0.05, 0.1) is 28.9 Å². The Hall–Kier alpha value is -3.35. The largest absolute Gasteiger partial charge is 0.504 e. The molecule has 150 valence electrons. The zero-order valence-corrected chi connectivity index (χ0v) is 17.3. The number of halogens is 2. The molecule has 0 unspecified atom stereocenters. The molecule has 0 aliphatic carbocycles. The molecule has 0 radical (unpaired) electrons. The topological polar surface area (TPSA) is 79.6 Å². The first kappa shape index (κ1) is 19.9. The van der Waals surface area contributed by atoms with Crippen molar-refractivity contribution in [3.63, 3.8) is 0 Å². The molecule has 0 saturated carbocycles. The molecule has 0 atom stereocenters. The van der Waals surface area contributed by atoms with Gasteiger partial charge in [0.2, 0.25) is 0 Å². The standard InChI is InChI=1S/C22H16Cl2N4O2/c1-30-20-10-13(6-9-19(20)29)12-25-28-22-15-4-2-3-5-18(15)26-21(27-22)14-7-8-16(23)17(24)11-14/h2-12,29H,1H3,(H,26,27,28)/b25-12-. The van der Waals surface area contributed by atoms with E-state index in [4.69, 9.17) is 27.9 Å². The summed E-state index contributed by atoms with van der Waals surface area (Å²) in [6, 6.07) is 17.8. The van der Waals surface area contributed by atoms with Crippen LogP contribution in [0, 0.1) is 0 Å². The van der Waals surface area contributed by atoms with Gasteiger partial charge in [0.1, 0.15) is 0 Å². The second kappa shape index (κ2) is 8.57. The summed E-state index contributed by atoms with van der Waals surface area (Å²) < 4.78 is 5.12. The summed E-state index contributed by atoms with van der Waals surface area (Å²) in [4.78, 5) is 9.25. The molecule has 4 aromatic rings. The lowest BCUT2D eigenvalue weighted by molar-refractivity contribution is 0.373. The van der Waals surface area contributed by atoms with Crippen molar-refractivity contribution in [1.29, 1.82) is 0 Å². The number of nitrogens with zero attached hydrogens (tertiary/aromatic N) is 3. The van der Waals surface area contributed by atoms with Gasteiger partial charge in [-0.2, -0.15) is 5.10 Å². The van der Waals surface area contributed by atoms with Gasteiger partial charge < -0.3 is 9.84 Å². The van der Waals surface area contributed by atoms with Crippen LogP contribution in [-0.2, 0) is 0 Å². The van der Waals surface area contributed by atoms with Gasteiger partial charge in [0.25, 0.3) is 0 Å². The summed E-state index contributed by atoms with van der Waals surface area (Å²) in [5.74, 6) is 1.48. The number of rotatable bonds is 5. The Bertz CT molecular complexity index is 1260. The van der Waals surface area contributed by atoms with Gasteiger partial charge in [0.15, 0.2) is 23.1 Å². The minimum atomic E-state index is 0.0654. The Labute approximate surface area is 182 Å². The van der Waals surface area contributed by atoms with Crippen LogP contribution in [0.25, 0.3) is 22.3 Å². The van der Waals surface area contributed by atoms with E-state index in [1.54, 1.807) is 36.5 Å². The van der Waals surface area contributed by atoms with E-state index in [0.717, 1.165) is 22.0 Å². The number of ether oxygens (including phenoxy) is 1. The van der Waals surface area contributed by atoms with E-state index < -0.39 is 0 Å². The van der Waals surface area contributed by atoms with E-state index in [-0.39, 0.29) is 5.75 Å². The maximum absolute atomic E-state index is 9.71. The van der Waals surface area contributed by atoms with Gasteiger partial charge in [0, 0.05) is 10.9 Å². The molecule has 2 N–H and O–H groups in total. The van der Waals surface area contributed by atoms with Crippen LogP contribution in [0.3, 0.4) is 0 Å². The van der Waals surface area contributed by atoms with Crippen LogP contribution in [0.2, 0.25) is 10.0 Å². The van der Waals surface area contributed by atoms with E-state index in [1.165, 1.54) is 7.11 Å². The average molecular weight is 439 g/mol. The van der Waals surface area contributed by atoms with Crippen molar-refractivity contribution in [3.05, 3.63) is 76.3 Å². The molecule has 4 rings (SSSR count). The van der Waals surface area contributed by atoms with Crippen molar-refractivity contribution in [2.75, 3.05) is 12.5 Å². The molecule has 0 aliphatic rings. The molecule has 0 bridgehead atoms. The first-order valence-electron chi connectivity index (χ1n) is 8.93. The van der Waals surface area contributed by atoms with Crippen LogP contribution in [0.1, 0.15) is 5.56 Å². The number of hydrogen-bond acceptors (Lipinski definition) is 6. The zero-order valence-electron chi connectivity index (χ0n) is 15.8. The summed E-state index contributed by atoms with van der Waals surface area (Å²) in [6.45, 7) is 0. The number of fused-ring (bicyclic) bond motifs is 1. The number of benzene rings is 3. The Kier molecular flexibility index (Phi) is 5.70. The number of methoxy groups -OCH3 is 1. The van der Waals surface area contributed by atoms with E-state index >= 15 is 0 Å². The number of aromatic nitrogens is 2. The Morgan fingerprint density at radius 3 is 2.63 bits per heavy atom. The third-order valence-electron chi connectivity index (χ3n) is 4.37. The number of anilines is 1. The number of hydrogen-bond donors (Lipinski definition) is 2. The van der Waals surface area contributed by atoms with E-state index in [2.05, 4.69) is 20.5 Å². The fraction of sp³-hybridized carbons (Fsp3) is 0.0455. The van der Waals surface area contributed by atoms with Crippen molar-refractivity contribution in [3.8, 4) is 22.9 Å². The smallest absolute Gasteiger partial charge is 0.162 e.